The van der Waals surface area contributed by atoms with E-state index in [9.17, 15) is 9.59 Å². The predicted octanol–water partition coefficient (Wildman–Crippen LogP) is 1.18. The molecule has 0 bridgehead atoms. The quantitative estimate of drug-likeness (QED) is 0.599. The van der Waals surface area contributed by atoms with Crippen LogP contribution in [0.5, 0.6) is 0 Å². The average Bonchev–Trinajstić information content (AvgIpc) is 2.14. The molecule has 0 aromatic carbocycles. The third kappa shape index (κ3) is 9.19. The molecule has 102 valence electrons. The van der Waals surface area contributed by atoms with Crippen molar-refractivity contribution in [2.24, 2.45) is 0 Å². The maximum absolute atomic E-state index is 11.5. The Morgan fingerprint density at radius 3 is 2.26 bits per heavy atom. The number of carbonyl (C=O) groups is 2. The summed E-state index contributed by atoms with van der Waals surface area (Å²) in [5.74, 6) is -1.23. The van der Waals surface area contributed by atoms with E-state index in [4.69, 9.17) is 15.1 Å². The summed E-state index contributed by atoms with van der Waals surface area (Å²) in [4.78, 5) is 22.6. The van der Waals surface area contributed by atoms with Gasteiger partial charge in [0.2, 0.25) is 0 Å². The van der Waals surface area contributed by atoms with Gasteiger partial charge in [0.1, 0.15) is 5.60 Å². The van der Waals surface area contributed by atoms with E-state index in [1.165, 1.54) is 19.1 Å². The Bertz CT molecular complexity index is 396. The van der Waals surface area contributed by atoms with Crippen LogP contribution in [0.15, 0.2) is 12.2 Å². The van der Waals surface area contributed by atoms with Crippen LogP contribution in [-0.4, -0.2) is 79.7 Å². The number of nitrogens with zero attached hydrogens (tertiary/aromatic N) is 1. The maximum atomic E-state index is 11.5. The van der Waals surface area contributed by atoms with Crippen molar-refractivity contribution >= 4 is 63.4 Å². The zero-order chi connectivity index (χ0) is 14.4. The Morgan fingerprint density at radius 2 is 1.89 bits per heavy atom. The summed E-state index contributed by atoms with van der Waals surface area (Å²) in [6.45, 7) is 6.34. The molecule has 0 saturated carbocycles. The molecule has 0 aliphatic carbocycles. The Labute approximate surface area is 155 Å². The van der Waals surface area contributed by atoms with Crippen LogP contribution >= 0.6 is 0 Å². The summed E-state index contributed by atoms with van der Waals surface area (Å²) in [5, 5.41) is 19.7. The molecular weight excluding hydrogens is 275 g/mol. The van der Waals surface area contributed by atoms with Gasteiger partial charge < -0.3 is 15.2 Å². The molecule has 7 heteroatoms. The van der Waals surface area contributed by atoms with Gasteiger partial charge in [-0.15, -0.1) is 0 Å². The fourth-order valence-electron chi connectivity index (χ4n) is 1.03. The molecule has 1 atom stereocenters. The van der Waals surface area contributed by atoms with Gasteiger partial charge in [-0.05, 0) is 27.7 Å². The molecule has 0 aliphatic heterocycles. The Balaban J connectivity index is 0. The molecule has 19 heavy (non-hydrogen) atoms. The normalized spacial score (nSPS) is 13.8. The number of alkyl carbamates (subject to hydrolysis) is 1. The minimum atomic E-state index is -1.60. The monoisotopic (exact) mass is 294 g/mol. The summed E-state index contributed by atoms with van der Waals surface area (Å²) in [7, 11) is 0. The van der Waals surface area contributed by atoms with Crippen molar-refractivity contribution in [3.05, 3.63) is 12.2 Å². The van der Waals surface area contributed by atoms with E-state index >= 15 is 0 Å². The van der Waals surface area contributed by atoms with Crippen molar-refractivity contribution in [3.8, 4) is 6.07 Å². The van der Waals surface area contributed by atoms with Crippen molar-refractivity contribution < 1.29 is 19.4 Å². The fourth-order valence-corrected chi connectivity index (χ4v) is 1.03. The molecule has 0 saturated heterocycles. The van der Waals surface area contributed by atoms with Gasteiger partial charge in [-0.2, -0.15) is 5.26 Å². The molecule has 2 N–H and O–H groups in total. The van der Waals surface area contributed by atoms with Crippen LogP contribution in [0.25, 0.3) is 0 Å². The fraction of sp³-hybridized carbons (Fsp3) is 0.583. The van der Waals surface area contributed by atoms with E-state index in [1.54, 1.807) is 20.8 Å². The molecule has 0 radical (unpaired) electrons. The van der Waals surface area contributed by atoms with Gasteiger partial charge >= 0.3 is 63.4 Å². The first kappa shape index (κ1) is 20.9. The Morgan fingerprint density at radius 1 is 1.37 bits per heavy atom. The molecule has 0 rings (SSSR count). The number of carbonyl (C=O) groups excluding carboxylic acids is 1. The molecular formula is C12H19KN2O4. The molecule has 0 aromatic heterocycles. The SMILES string of the molecule is CC(C)(C)OC(=O)NC(C)(/C=C\CC#N)C(=O)O.[KH]. The van der Waals surface area contributed by atoms with E-state index in [0.717, 1.165) is 0 Å². The standard InChI is InChI=1S/C12H18N2O4.K.H/c1-11(2,3)18-10(17)14-12(4,9(15)16)7-5-6-8-13;;/h5,7H,6H2,1-4H3,(H,14,17)(H,15,16);;/b7-5-;;. The van der Waals surface area contributed by atoms with Crippen molar-refractivity contribution in [2.75, 3.05) is 0 Å². The number of amides is 1. The number of hydrogen-bond acceptors (Lipinski definition) is 4. The topological polar surface area (TPSA) is 99.4 Å². The summed E-state index contributed by atoms with van der Waals surface area (Å²) >= 11 is 0. The average molecular weight is 294 g/mol. The molecule has 1 amide bonds. The van der Waals surface area contributed by atoms with Crippen molar-refractivity contribution in [1.82, 2.24) is 5.32 Å². The van der Waals surface area contributed by atoms with Gasteiger partial charge in [-0.1, -0.05) is 12.2 Å². The van der Waals surface area contributed by atoms with E-state index in [-0.39, 0.29) is 57.8 Å². The van der Waals surface area contributed by atoms with Crippen LogP contribution < -0.4 is 5.32 Å². The van der Waals surface area contributed by atoms with Crippen LogP contribution in [0.2, 0.25) is 0 Å². The van der Waals surface area contributed by atoms with Crippen LogP contribution in [0.3, 0.4) is 0 Å². The summed E-state index contributed by atoms with van der Waals surface area (Å²) < 4.78 is 4.98. The molecule has 0 heterocycles. The number of nitriles is 1. The van der Waals surface area contributed by atoms with Gasteiger partial charge in [0.15, 0.2) is 5.54 Å². The Kier molecular flexibility index (Phi) is 9.59. The van der Waals surface area contributed by atoms with Crippen LogP contribution in [0.4, 0.5) is 4.79 Å². The number of aliphatic carboxylic acids is 1. The second kappa shape index (κ2) is 8.71. The second-order valence-corrected chi connectivity index (χ2v) is 4.90. The van der Waals surface area contributed by atoms with Gasteiger partial charge in [0, 0.05) is 0 Å². The number of rotatable bonds is 4. The zero-order valence-corrected chi connectivity index (χ0v) is 11.0. The van der Waals surface area contributed by atoms with E-state index in [2.05, 4.69) is 5.32 Å². The molecule has 1 unspecified atom stereocenters. The third-order valence-electron chi connectivity index (χ3n) is 1.87. The first-order valence-electron chi connectivity index (χ1n) is 5.40. The van der Waals surface area contributed by atoms with Crippen molar-refractivity contribution in [3.63, 3.8) is 0 Å². The van der Waals surface area contributed by atoms with E-state index in [1.807, 2.05) is 6.07 Å². The second-order valence-electron chi connectivity index (χ2n) is 4.90. The van der Waals surface area contributed by atoms with Crippen molar-refractivity contribution in [2.45, 2.75) is 45.3 Å². The molecule has 0 fully saturated rings. The van der Waals surface area contributed by atoms with Gasteiger partial charge in [0.25, 0.3) is 0 Å². The Hall–Kier alpha value is -0.394. The van der Waals surface area contributed by atoms with Crippen molar-refractivity contribution in [1.29, 1.82) is 5.26 Å². The first-order valence-corrected chi connectivity index (χ1v) is 5.40. The summed E-state index contributed by atoms with van der Waals surface area (Å²) in [5.41, 5.74) is -2.31. The summed E-state index contributed by atoms with van der Waals surface area (Å²) in [6.07, 6.45) is 1.88. The van der Waals surface area contributed by atoms with Crippen LogP contribution in [-0.2, 0) is 9.53 Å². The number of nitrogens with one attached hydrogen (secondary N) is 1. The third-order valence-corrected chi connectivity index (χ3v) is 1.87. The number of hydrogen-bond donors (Lipinski definition) is 2. The molecule has 0 aromatic rings. The van der Waals surface area contributed by atoms with Gasteiger partial charge in [0.05, 0.1) is 12.5 Å². The number of allylic oxidation sites excluding steroid dienone is 1. The van der Waals surface area contributed by atoms with E-state index < -0.39 is 23.2 Å². The predicted molar refractivity (Wildman–Crippen MR) is 71.9 cm³/mol. The van der Waals surface area contributed by atoms with E-state index in [0.29, 0.717) is 0 Å². The minimum absolute atomic E-state index is 0. The summed E-state index contributed by atoms with van der Waals surface area (Å²) in [6, 6.07) is 1.85. The molecule has 0 aliphatic rings. The number of carboxylic acids is 1. The van der Waals surface area contributed by atoms with Gasteiger partial charge in [-0.25, -0.2) is 9.59 Å². The van der Waals surface area contributed by atoms with Gasteiger partial charge in [-0.3, -0.25) is 0 Å². The zero-order valence-electron chi connectivity index (χ0n) is 11.0. The first-order chi connectivity index (χ1) is 8.10. The van der Waals surface area contributed by atoms with Crippen LogP contribution in [0.1, 0.15) is 34.1 Å². The number of ether oxygens (including phenoxy) is 1. The number of carboxylic acid groups (broad SMARTS) is 1. The van der Waals surface area contributed by atoms with Crippen LogP contribution in [0, 0.1) is 11.3 Å². The molecule has 6 nitrogen and oxygen atoms in total. The molecule has 0 spiro atoms.